The number of hydrogen-bond acceptors (Lipinski definition) is 8. The Balaban J connectivity index is 2.09. The van der Waals surface area contributed by atoms with Gasteiger partial charge in [0.1, 0.15) is 12.4 Å². The van der Waals surface area contributed by atoms with Gasteiger partial charge < -0.3 is 24.3 Å². The highest BCUT2D eigenvalue weighted by Crippen LogP contribution is 2.46. The highest BCUT2D eigenvalue weighted by molar-refractivity contribution is 5.92. The summed E-state index contributed by atoms with van der Waals surface area (Å²) in [7, 11) is 4.64. The molecule has 9 heteroatoms. The van der Waals surface area contributed by atoms with Gasteiger partial charge in [0, 0.05) is 11.3 Å². The molecule has 0 saturated heterocycles. The molecule has 9 nitrogen and oxygen atoms in total. The van der Waals surface area contributed by atoms with Crippen molar-refractivity contribution < 1.29 is 23.7 Å². The first kappa shape index (κ1) is 21.5. The monoisotopic (exact) mass is 416 g/mol. The second-order valence-corrected chi connectivity index (χ2v) is 6.86. The summed E-state index contributed by atoms with van der Waals surface area (Å²) in [5.41, 5.74) is 1.77. The molecule has 0 amide bonds. The number of nitrogens with zero attached hydrogens (tertiary/aromatic N) is 3. The van der Waals surface area contributed by atoms with E-state index in [0.717, 1.165) is 19.3 Å². The fourth-order valence-electron chi connectivity index (χ4n) is 3.58. The fraction of sp³-hybridized carbons (Fsp3) is 0.476. The van der Waals surface area contributed by atoms with Gasteiger partial charge in [-0.2, -0.15) is 10.1 Å². The second kappa shape index (κ2) is 9.51. The van der Waals surface area contributed by atoms with Crippen LogP contribution >= 0.6 is 0 Å². The lowest BCUT2D eigenvalue weighted by atomic mass is 9.94. The number of allylic oxidation sites excluding steroid dienone is 1. The molecular weight excluding hydrogens is 388 g/mol. The van der Waals surface area contributed by atoms with Crippen LogP contribution in [0.1, 0.15) is 44.7 Å². The first-order valence-electron chi connectivity index (χ1n) is 9.90. The van der Waals surface area contributed by atoms with E-state index in [2.05, 4.69) is 22.3 Å². The smallest absolute Gasteiger partial charge is 0.338 e. The first-order chi connectivity index (χ1) is 14.6. The third-order valence-electron chi connectivity index (χ3n) is 5.02. The van der Waals surface area contributed by atoms with Crippen molar-refractivity contribution in [3.8, 4) is 17.2 Å². The van der Waals surface area contributed by atoms with Crippen LogP contribution in [0, 0.1) is 0 Å². The molecule has 1 atom stereocenters. The number of unbranched alkanes of at least 4 members (excludes halogenated alkanes) is 2. The maximum atomic E-state index is 13.1. The van der Waals surface area contributed by atoms with Gasteiger partial charge >= 0.3 is 5.97 Å². The molecule has 1 N–H and O–H groups in total. The van der Waals surface area contributed by atoms with E-state index in [0.29, 0.717) is 46.6 Å². The van der Waals surface area contributed by atoms with Crippen LogP contribution in [0.2, 0.25) is 0 Å². The number of rotatable bonds is 9. The Kier molecular flexibility index (Phi) is 6.81. The summed E-state index contributed by atoms with van der Waals surface area (Å²) in [6.45, 7) is 4.29. The van der Waals surface area contributed by atoms with Crippen molar-refractivity contribution >= 4 is 11.9 Å². The number of esters is 1. The minimum atomic E-state index is -0.600. The standard InChI is InChI=1S/C21H28N4O5/c1-6-7-8-11-30-20(26)16-13(2)24-21-22-12-23-25(21)17(16)14-9-10-15(27-3)19(29-5)18(14)28-4/h9-10,12,17H,6-8,11H2,1-5H3,(H,22,23,24)/t17-/m1/s1. The molecule has 3 rings (SSSR count). The van der Waals surface area contributed by atoms with Gasteiger partial charge in [0.25, 0.3) is 0 Å². The zero-order chi connectivity index (χ0) is 21.7. The Morgan fingerprint density at radius 2 is 1.90 bits per heavy atom. The molecule has 0 fully saturated rings. The number of carbonyl (C=O) groups excluding carboxylic acids is 1. The quantitative estimate of drug-likeness (QED) is 0.491. The summed E-state index contributed by atoms with van der Waals surface area (Å²) in [6.07, 6.45) is 4.31. The van der Waals surface area contributed by atoms with Crippen molar-refractivity contribution in [2.24, 2.45) is 0 Å². The van der Waals surface area contributed by atoms with Gasteiger partial charge in [-0.05, 0) is 25.5 Å². The predicted molar refractivity (Wildman–Crippen MR) is 111 cm³/mol. The molecular formula is C21H28N4O5. The first-order valence-corrected chi connectivity index (χ1v) is 9.90. The maximum absolute atomic E-state index is 13.1. The number of benzene rings is 1. The third-order valence-corrected chi connectivity index (χ3v) is 5.02. The molecule has 30 heavy (non-hydrogen) atoms. The van der Waals surface area contributed by atoms with Crippen molar-refractivity contribution in [1.29, 1.82) is 0 Å². The zero-order valence-corrected chi connectivity index (χ0v) is 18.0. The summed E-state index contributed by atoms with van der Waals surface area (Å²) >= 11 is 0. The molecule has 0 spiro atoms. The largest absolute Gasteiger partial charge is 0.493 e. The van der Waals surface area contributed by atoms with Gasteiger partial charge in [-0.1, -0.05) is 19.8 Å². The van der Waals surface area contributed by atoms with Crippen molar-refractivity contribution in [1.82, 2.24) is 14.8 Å². The molecule has 0 aliphatic carbocycles. The molecule has 0 radical (unpaired) electrons. The van der Waals surface area contributed by atoms with Crippen LogP contribution in [0.4, 0.5) is 5.95 Å². The number of fused-ring (bicyclic) bond motifs is 1. The van der Waals surface area contributed by atoms with Crippen LogP contribution in [0.25, 0.3) is 0 Å². The maximum Gasteiger partial charge on any atom is 0.338 e. The average Bonchev–Trinajstić information content (AvgIpc) is 3.22. The van der Waals surface area contributed by atoms with Gasteiger partial charge in [-0.15, -0.1) is 0 Å². The Morgan fingerprint density at radius 3 is 2.57 bits per heavy atom. The minimum absolute atomic E-state index is 0.365. The van der Waals surface area contributed by atoms with Crippen LogP contribution in [0.5, 0.6) is 17.2 Å². The van der Waals surface area contributed by atoms with E-state index < -0.39 is 12.0 Å². The Labute approximate surface area is 176 Å². The van der Waals surface area contributed by atoms with Gasteiger partial charge in [0.05, 0.1) is 33.5 Å². The normalized spacial score (nSPS) is 15.3. The lowest BCUT2D eigenvalue weighted by molar-refractivity contribution is -0.139. The molecule has 0 unspecified atom stereocenters. The van der Waals surface area contributed by atoms with Crippen molar-refractivity contribution in [3.05, 3.63) is 35.3 Å². The molecule has 2 heterocycles. The van der Waals surface area contributed by atoms with E-state index in [1.54, 1.807) is 25.0 Å². The van der Waals surface area contributed by atoms with Crippen molar-refractivity contribution in [2.75, 3.05) is 33.3 Å². The number of aromatic nitrogens is 3. The summed E-state index contributed by atoms with van der Waals surface area (Å²) in [4.78, 5) is 17.3. The van der Waals surface area contributed by atoms with Crippen LogP contribution < -0.4 is 19.5 Å². The van der Waals surface area contributed by atoms with Gasteiger partial charge in [0.15, 0.2) is 11.5 Å². The summed E-state index contributed by atoms with van der Waals surface area (Å²) in [5, 5.41) is 7.47. The van der Waals surface area contributed by atoms with Crippen LogP contribution in [0.15, 0.2) is 29.7 Å². The lowest BCUT2D eigenvalue weighted by Crippen LogP contribution is -2.30. The minimum Gasteiger partial charge on any atom is -0.493 e. The number of carbonyl (C=O) groups is 1. The molecule has 2 aromatic rings. The Bertz CT molecular complexity index is 937. The number of methoxy groups -OCH3 is 3. The van der Waals surface area contributed by atoms with Crippen molar-refractivity contribution in [2.45, 2.75) is 39.2 Å². The number of nitrogens with one attached hydrogen (secondary N) is 1. The lowest BCUT2D eigenvalue weighted by Gasteiger charge is -2.29. The topological polar surface area (TPSA) is 96.7 Å². The van der Waals surface area contributed by atoms with E-state index in [4.69, 9.17) is 18.9 Å². The van der Waals surface area contributed by atoms with Crippen molar-refractivity contribution in [3.63, 3.8) is 0 Å². The molecule has 1 aromatic carbocycles. The summed E-state index contributed by atoms with van der Waals surface area (Å²) < 4.78 is 23.8. The van der Waals surface area contributed by atoms with Gasteiger partial charge in [-0.25, -0.2) is 9.48 Å². The highest BCUT2D eigenvalue weighted by Gasteiger charge is 2.37. The highest BCUT2D eigenvalue weighted by atomic mass is 16.5. The number of anilines is 1. The summed E-state index contributed by atoms with van der Waals surface area (Å²) in [6, 6.07) is 3.01. The third kappa shape index (κ3) is 3.92. The Morgan fingerprint density at radius 1 is 1.13 bits per heavy atom. The van der Waals surface area contributed by atoms with E-state index in [1.807, 2.05) is 13.0 Å². The summed E-state index contributed by atoms with van der Waals surface area (Å²) in [5.74, 6) is 1.53. The molecule has 0 saturated carbocycles. The van der Waals surface area contributed by atoms with Gasteiger partial charge in [0.2, 0.25) is 11.7 Å². The molecule has 0 bridgehead atoms. The van der Waals surface area contributed by atoms with Crippen LogP contribution in [-0.2, 0) is 9.53 Å². The number of ether oxygens (including phenoxy) is 4. The molecule has 1 aliphatic rings. The Hall–Kier alpha value is -3.23. The second-order valence-electron chi connectivity index (χ2n) is 6.86. The molecule has 1 aromatic heterocycles. The number of hydrogen-bond donors (Lipinski definition) is 1. The SMILES string of the molecule is CCCCCOC(=O)C1=C(C)Nc2ncnn2[C@@H]1c1ccc(OC)c(OC)c1OC. The van der Waals surface area contributed by atoms with E-state index in [-0.39, 0.29) is 0 Å². The van der Waals surface area contributed by atoms with E-state index >= 15 is 0 Å². The predicted octanol–water partition coefficient (Wildman–Crippen LogP) is 3.33. The molecule has 162 valence electrons. The molecule has 1 aliphatic heterocycles. The van der Waals surface area contributed by atoms with Crippen LogP contribution in [-0.4, -0.2) is 48.7 Å². The van der Waals surface area contributed by atoms with Gasteiger partial charge in [-0.3, -0.25) is 0 Å². The fourth-order valence-corrected chi connectivity index (χ4v) is 3.58. The zero-order valence-electron chi connectivity index (χ0n) is 18.0. The van der Waals surface area contributed by atoms with E-state index in [9.17, 15) is 4.79 Å². The van der Waals surface area contributed by atoms with Crippen LogP contribution in [0.3, 0.4) is 0 Å². The average molecular weight is 416 g/mol. The van der Waals surface area contributed by atoms with E-state index in [1.165, 1.54) is 13.4 Å².